The van der Waals surface area contributed by atoms with E-state index in [4.69, 9.17) is 5.26 Å². The summed E-state index contributed by atoms with van der Waals surface area (Å²) in [4.78, 5) is 11.8. The largest absolute Gasteiger partial charge is 0.380 e. The van der Waals surface area contributed by atoms with Gasteiger partial charge in [0.05, 0.1) is 22.9 Å². The highest BCUT2D eigenvalue weighted by Gasteiger charge is 2.26. The summed E-state index contributed by atoms with van der Waals surface area (Å²) in [6, 6.07) is 7.50. The van der Waals surface area contributed by atoms with Crippen molar-refractivity contribution in [2.24, 2.45) is 5.92 Å². The Morgan fingerprint density at radius 1 is 1.38 bits per heavy atom. The van der Waals surface area contributed by atoms with Gasteiger partial charge in [-0.2, -0.15) is 5.26 Å². The van der Waals surface area contributed by atoms with Crippen molar-refractivity contribution in [2.75, 3.05) is 10.6 Å². The molecule has 0 fully saturated rings. The minimum absolute atomic E-state index is 0.0511. The van der Waals surface area contributed by atoms with E-state index in [0.29, 0.717) is 11.3 Å². The summed E-state index contributed by atoms with van der Waals surface area (Å²) in [5.41, 5.74) is 1.88. The third-order valence-corrected chi connectivity index (χ3v) is 2.98. The lowest BCUT2D eigenvalue weighted by molar-refractivity contribution is -0.119. The van der Waals surface area contributed by atoms with Gasteiger partial charge < -0.3 is 10.6 Å². The quantitative estimate of drug-likeness (QED) is 0.695. The SMILES string of the molecule is CC1Nc2cccc(C#N)c2NC(=O)C1C. The lowest BCUT2D eigenvalue weighted by Gasteiger charge is -2.16. The monoisotopic (exact) mass is 215 g/mol. The summed E-state index contributed by atoms with van der Waals surface area (Å²) in [6.07, 6.45) is 0. The molecular weight excluding hydrogens is 202 g/mol. The Morgan fingerprint density at radius 2 is 2.12 bits per heavy atom. The van der Waals surface area contributed by atoms with Crippen LogP contribution in [0.5, 0.6) is 0 Å². The van der Waals surface area contributed by atoms with Crippen LogP contribution in [0.4, 0.5) is 11.4 Å². The number of rotatable bonds is 0. The third-order valence-electron chi connectivity index (χ3n) is 2.98. The number of hydrogen-bond donors (Lipinski definition) is 2. The number of nitriles is 1. The smallest absolute Gasteiger partial charge is 0.229 e. The first-order chi connectivity index (χ1) is 7.63. The standard InChI is InChI=1S/C12H13N3O/c1-7-8(2)14-10-5-3-4-9(6-13)11(10)15-12(7)16/h3-5,7-8,14H,1-2H3,(H,15,16). The van der Waals surface area contributed by atoms with Gasteiger partial charge in [-0.1, -0.05) is 13.0 Å². The van der Waals surface area contributed by atoms with E-state index < -0.39 is 0 Å². The number of benzene rings is 1. The maximum atomic E-state index is 11.8. The van der Waals surface area contributed by atoms with Gasteiger partial charge in [0.1, 0.15) is 6.07 Å². The molecule has 0 bridgehead atoms. The van der Waals surface area contributed by atoms with Gasteiger partial charge in [-0.15, -0.1) is 0 Å². The number of amides is 1. The van der Waals surface area contributed by atoms with Crippen molar-refractivity contribution < 1.29 is 4.79 Å². The van der Waals surface area contributed by atoms with Crippen LogP contribution in [0, 0.1) is 17.2 Å². The average molecular weight is 215 g/mol. The fourth-order valence-electron chi connectivity index (χ4n) is 1.73. The fraction of sp³-hybridized carbons (Fsp3) is 0.333. The van der Waals surface area contributed by atoms with Crippen LogP contribution in [0.2, 0.25) is 0 Å². The second-order valence-electron chi connectivity index (χ2n) is 4.05. The minimum Gasteiger partial charge on any atom is -0.380 e. The molecular formula is C12H13N3O. The molecule has 16 heavy (non-hydrogen) atoms. The normalized spacial score (nSPS) is 23.4. The zero-order valence-corrected chi connectivity index (χ0v) is 9.24. The Kier molecular flexibility index (Phi) is 2.53. The highest BCUT2D eigenvalue weighted by Crippen LogP contribution is 2.30. The summed E-state index contributed by atoms with van der Waals surface area (Å²) in [5, 5.41) is 15.0. The molecule has 82 valence electrons. The molecule has 2 rings (SSSR count). The predicted molar refractivity (Wildman–Crippen MR) is 62.0 cm³/mol. The molecule has 0 aromatic heterocycles. The van der Waals surface area contributed by atoms with Crippen molar-refractivity contribution >= 4 is 17.3 Å². The lowest BCUT2D eigenvalue weighted by atomic mass is 10.0. The van der Waals surface area contributed by atoms with Crippen LogP contribution in [0.3, 0.4) is 0 Å². The maximum Gasteiger partial charge on any atom is 0.229 e. The Balaban J connectivity index is 2.52. The number of nitrogens with zero attached hydrogens (tertiary/aromatic N) is 1. The third kappa shape index (κ3) is 1.61. The maximum absolute atomic E-state index is 11.8. The van der Waals surface area contributed by atoms with E-state index in [1.807, 2.05) is 19.9 Å². The molecule has 0 spiro atoms. The van der Waals surface area contributed by atoms with Crippen molar-refractivity contribution in [3.05, 3.63) is 23.8 Å². The topological polar surface area (TPSA) is 64.9 Å². The van der Waals surface area contributed by atoms with E-state index >= 15 is 0 Å². The Hall–Kier alpha value is -2.02. The zero-order chi connectivity index (χ0) is 11.7. The summed E-state index contributed by atoms with van der Waals surface area (Å²) in [5.74, 6) is -0.180. The summed E-state index contributed by atoms with van der Waals surface area (Å²) < 4.78 is 0. The van der Waals surface area contributed by atoms with Crippen LogP contribution in [-0.2, 0) is 4.79 Å². The van der Waals surface area contributed by atoms with Gasteiger partial charge in [-0.25, -0.2) is 0 Å². The van der Waals surface area contributed by atoms with Gasteiger partial charge in [0.15, 0.2) is 0 Å². The number of hydrogen-bond acceptors (Lipinski definition) is 3. The molecule has 1 heterocycles. The predicted octanol–water partition coefficient (Wildman–Crippen LogP) is 1.95. The Bertz CT molecular complexity index is 476. The van der Waals surface area contributed by atoms with Gasteiger partial charge >= 0.3 is 0 Å². The molecule has 4 heteroatoms. The Morgan fingerprint density at radius 3 is 2.81 bits per heavy atom. The van der Waals surface area contributed by atoms with Gasteiger partial charge in [-0.3, -0.25) is 4.79 Å². The molecule has 0 saturated carbocycles. The number of fused-ring (bicyclic) bond motifs is 1. The summed E-state index contributed by atoms with van der Waals surface area (Å²) in [7, 11) is 0. The first-order valence-electron chi connectivity index (χ1n) is 5.24. The number of para-hydroxylation sites is 1. The van der Waals surface area contributed by atoms with Gasteiger partial charge in [0.2, 0.25) is 5.91 Å². The average Bonchev–Trinajstić information content (AvgIpc) is 2.39. The lowest BCUT2D eigenvalue weighted by Crippen LogP contribution is -2.30. The van der Waals surface area contributed by atoms with Crippen molar-refractivity contribution in [2.45, 2.75) is 19.9 Å². The first kappa shape index (κ1) is 10.5. The van der Waals surface area contributed by atoms with Gasteiger partial charge in [-0.05, 0) is 19.1 Å². The summed E-state index contributed by atoms with van der Waals surface area (Å²) >= 11 is 0. The van der Waals surface area contributed by atoms with Crippen LogP contribution in [0.15, 0.2) is 18.2 Å². The van der Waals surface area contributed by atoms with Crippen molar-refractivity contribution in [3.8, 4) is 6.07 Å². The number of carbonyl (C=O) groups excluding carboxylic acids is 1. The number of nitrogens with one attached hydrogen (secondary N) is 2. The number of anilines is 2. The van der Waals surface area contributed by atoms with Crippen LogP contribution < -0.4 is 10.6 Å². The summed E-state index contributed by atoms with van der Waals surface area (Å²) in [6.45, 7) is 3.82. The molecule has 0 aliphatic carbocycles. The highest BCUT2D eigenvalue weighted by molar-refractivity contribution is 5.99. The molecule has 1 amide bonds. The van der Waals surface area contributed by atoms with Crippen LogP contribution in [0.1, 0.15) is 19.4 Å². The Labute approximate surface area is 94.3 Å². The van der Waals surface area contributed by atoms with Gasteiger partial charge in [0, 0.05) is 6.04 Å². The first-order valence-corrected chi connectivity index (χ1v) is 5.24. The molecule has 1 aromatic carbocycles. The van der Waals surface area contributed by atoms with E-state index in [0.717, 1.165) is 5.69 Å². The molecule has 0 saturated heterocycles. The molecule has 1 aromatic rings. The van der Waals surface area contributed by atoms with E-state index in [-0.39, 0.29) is 17.9 Å². The zero-order valence-electron chi connectivity index (χ0n) is 9.24. The van der Waals surface area contributed by atoms with E-state index in [1.54, 1.807) is 12.1 Å². The fourth-order valence-corrected chi connectivity index (χ4v) is 1.73. The van der Waals surface area contributed by atoms with Gasteiger partial charge in [0.25, 0.3) is 0 Å². The molecule has 1 aliphatic heterocycles. The second kappa shape index (κ2) is 3.86. The van der Waals surface area contributed by atoms with Crippen LogP contribution >= 0.6 is 0 Å². The molecule has 1 aliphatic rings. The molecule has 2 unspecified atom stereocenters. The molecule has 4 nitrogen and oxygen atoms in total. The van der Waals surface area contributed by atoms with Crippen molar-refractivity contribution in [1.29, 1.82) is 5.26 Å². The minimum atomic E-state index is -0.126. The highest BCUT2D eigenvalue weighted by atomic mass is 16.1. The van der Waals surface area contributed by atoms with Crippen molar-refractivity contribution in [1.82, 2.24) is 0 Å². The van der Waals surface area contributed by atoms with E-state index in [2.05, 4.69) is 16.7 Å². The van der Waals surface area contributed by atoms with Crippen LogP contribution in [-0.4, -0.2) is 11.9 Å². The molecule has 0 radical (unpaired) electrons. The van der Waals surface area contributed by atoms with E-state index in [1.165, 1.54) is 0 Å². The molecule has 2 atom stereocenters. The second-order valence-corrected chi connectivity index (χ2v) is 4.05. The van der Waals surface area contributed by atoms with E-state index in [9.17, 15) is 4.79 Å². The van der Waals surface area contributed by atoms with Crippen molar-refractivity contribution in [3.63, 3.8) is 0 Å². The molecule has 2 N–H and O–H groups in total. The van der Waals surface area contributed by atoms with Crippen LogP contribution in [0.25, 0.3) is 0 Å². The number of carbonyl (C=O) groups is 1.